The van der Waals surface area contributed by atoms with Crippen LogP contribution in [-0.2, 0) is 0 Å². The van der Waals surface area contributed by atoms with E-state index in [9.17, 15) is 0 Å². The van der Waals surface area contributed by atoms with Crippen LogP contribution >= 0.6 is 0 Å². The molecule has 0 spiro atoms. The molecule has 0 aliphatic heterocycles. The van der Waals surface area contributed by atoms with E-state index in [-0.39, 0.29) is 5.92 Å². The summed E-state index contributed by atoms with van der Waals surface area (Å²) in [6.07, 6.45) is 3.71. The highest BCUT2D eigenvalue weighted by atomic mass is 16.5. The highest BCUT2D eigenvalue weighted by molar-refractivity contribution is 5.66. The van der Waals surface area contributed by atoms with Gasteiger partial charge >= 0.3 is 0 Å². The van der Waals surface area contributed by atoms with Gasteiger partial charge in [-0.1, -0.05) is 31.1 Å². The molecule has 0 atom stereocenters. The Morgan fingerprint density at radius 3 is 2.47 bits per heavy atom. The molecular weight excluding hydrogens is 214 g/mol. The van der Waals surface area contributed by atoms with Gasteiger partial charge in [0, 0.05) is 17.7 Å². The summed E-state index contributed by atoms with van der Waals surface area (Å²) in [6.45, 7) is 4.05. The van der Waals surface area contributed by atoms with Crippen LogP contribution < -0.4 is 5.73 Å². The third-order valence-corrected chi connectivity index (χ3v) is 2.33. The van der Waals surface area contributed by atoms with E-state index in [2.05, 4.69) is 10.1 Å². The van der Waals surface area contributed by atoms with Gasteiger partial charge in [0.2, 0.25) is 0 Å². The SMILES string of the molecule is CC(C)c1noc(/C=C/c2ccc(N)cc2)n1. The monoisotopic (exact) mass is 229 g/mol. The summed E-state index contributed by atoms with van der Waals surface area (Å²) in [6, 6.07) is 7.58. The van der Waals surface area contributed by atoms with Gasteiger partial charge in [-0.25, -0.2) is 0 Å². The zero-order valence-electron chi connectivity index (χ0n) is 9.92. The van der Waals surface area contributed by atoms with E-state index < -0.39 is 0 Å². The molecule has 0 saturated heterocycles. The van der Waals surface area contributed by atoms with Crippen molar-refractivity contribution in [2.75, 3.05) is 5.73 Å². The number of benzene rings is 1. The van der Waals surface area contributed by atoms with E-state index in [1.807, 2.05) is 44.2 Å². The van der Waals surface area contributed by atoms with Crippen LogP contribution in [0.15, 0.2) is 28.8 Å². The number of nitrogens with two attached hydrogens (primary N) is 1. The molecule has 17 heavy (non-hydrogen) atoms. The maximum absolute atomic E-state index is 5.61. The van der Waals surface area contributed by atoms with Crippen molar-refractivity contribution in [2.45, 2.75) is 19.8 Å². The predicted molar refractivity (Wildman–Crippen MR) is 68.2 cm³/mol. The maximum atomic E-state index is 5.61. The summed E-state index contributed by atoms with van der Waals surface area (Å²) in [4.78, 5) is 4.25. The van der Waals surface area contributed by atoms with Crippen LogP contribution in [0.25, 0.3) is 12.2 Å². The summed E-state index contributed by atoms with van der Waals surface area (Å²) in [5, 5.41) is 3.88. The van der Waals surface area contributed by atoms with Crippen LogP contribution in [0.1, 0.15) is 37.0 Å². The first-order valence-corrected chi connectivity index (χ1v) is 5.52. The number of aromatic nitrogens is 2. The van der Waals surface area contributed by atoms with E-state index in [0.29, 0.717) is 5.89 Å². The molecule has 2 rings (SSSR count). The first-order valence-electron chi connectivity index (χ1n) is 5.52. The largest absolute Gasteiger partial charge is 0.399 e. The van der Waals surface area contributed by atoms with Crippen LogP contribution in [0, 0.1) is 0 Å². The van der Waals surface area contributed by atoms with Crippen molar-refractivity contribution < 1.29 is 4.52 Å². The Balaban J connectivity index is 2.11. The molecule has 2 aromatic rings. The van der Waals surface area contributed by atoms with Crippen molar-refractivity contribution >= 4 is 17.8 Å². The Morgan fingerprint density at radius 2 is 1.88 bits per heavy atom. The molecular formula is C13H15N3O. The maximum Gasteiger partial charge on any atom is 0.250 e. The second-order valence-electron chi connectivity index (χ2n) is 4.15. The average Bonchev–Trinajstić information content (AvgIpc) is 2.77. The van der Waals surface area contributed by atoms with Crippen LogP contribution in [-0.4, -0.2) is 10.1 Å². The molecule has 0 saturated carbocycles. The van der Waals surface area contributed by atoms with Gasteiger partial charge in [0.15, 0.2) is 5.82 Å². The number of hydrogen-bond acceptors (Lipinski definition) is 4. The molecule has 0 aliphatic rings. The van der Waals surface area contributed by atoms with Gasteiger partial charge in [0.25, 0.3) is 5.89 Å². The molecule has 1 aromatic carbocycles. The van der Waals surface area contributed by atoms with Gasteiger partial charge in [-0.05, 0) is 23.8 Å². The standard InChI is InChI=1S/C13H15N3O/c1-9(2)13-15-12(17-16-13)8-5-10-3-6-11(14)7-4-10/h3-9H,14H2,1-2H3/b8-5+. The Kier molecular flexibility index (Phi) is 3.23. The second-order valence-corrected chi connectivity index (χ2v) is 4.15. The zero-order chi connectivity index (χ0) is 12.3. The topological polar surface area (TPSA) is 64.9 Å². The summed E-state index contributed by atoms with van der Waals surface area (Å²) >= 11 is 0. The fourth-order valence-electron chi connectivity index (χ4n) is 1.32. The van der Waals surface area contributed by atoms with Gasteiger partial charge in [0.1, 0.15) is 0 Å². The van der Waals surface area contributed by atoms with Gasteiger partial charge in [-0.15, -0.1) is 0 Å². The molecule has 88 valence electrons. The fourth-order valence-corrected chi connectivity index (χ4v) is 1.32. The molecule has 1 heterocycles. The Labute approximate surface area is 100 Å². The molecule has 0 unspecified atom stereocenters. The quantitative estimate of drug-likeness (QED) is 0.822. The van der Waals surface area contributed by atoms with Gasteiger partial charge in [-0.2, -0.15) is 4.98 Å². The molecule has 4 nitrogen and oxygen atoms in total. The van der Waals surface area contributed by atoms with Gasteiger partial charge < -0.3 is 10.3 Å². The first-order chi connectivity index (χ1) is 8.15. The Hall–Kier alpha value is -2.10. The minimum Gasteiger partial charge on any atom is -0.399 e. The number of anilines is 1. The second kappa shape index (κ2) is 4.82. The summed E-state index contributed by atoms with van der Waals surface area (Å²) in [7, 11) is 0. The highest BCUT2D eigenvalue weighted by Crippen LogP contribution is 2.12. The number of nitrogen functional groups attached to an aromatic ring is 1. The molecule has 0 radical (unpaired) electrons. The van der Waals surface area contributed by atoms with E-state index in [1.165, 1.54) is 0 Å². The Morgan fingerprint density at radius 1 is 1.18 bits per heavy atom. The lowest BCUT2D eigenvalue weighted by atomic mass is 10.2. The molecule has 0 fully saturated rings. The minimum absolute atomic E-state index is 0.275. The number of nitrogens with zero attached hydrogens (tertiary/aromatic N) is 2. The minimum atomic E-state index is 0.275. The predicted octanol–water partition coefficient (Wildman–Crippen LogP) is 2.95. The van der Waals surface area contributed by atoms with Crippen molar-refractivity contribution in [2.24, 2.45) is 0 Å². The highest BCUT2D eigenvalue weighted by Gasteiger charge is 2.06. The van der Waals surface area contributed by atoms with Crippen LogP contribution in [0.4, 0.5) is 5.69 Å². The van der Waals surface area contributed by atoms with Crippen molar-refractivity contribution in [3.63, 3.8) is 0 Å². The van der Waals surface area contributed by atoms with Gasteiger partial charge in [-0.3, -0.25) is 0 Å². The fraction of sp³-hybridized carbons (Fsp3) is 0.231. The lowest BCUT2D eigenvalue weighted by Crippen LogP contribution is -1.88. The van der Waals surface area contributed by atoms with E-state index >= 15 is 0 Å². The van der Waals surface area contributed by atoms with E-state index in [4.69, 9.17) is 10.3 Å². The van der Waals surface area contributed by atoms with Crippen molar-refractivity contribution in [1.82, 2.24) is 10.1 Å². The first kappa shape index (κ1) is 11.4. The van der Waals surface area contributed by atoms with Crippen LogP contribution in [0.2, 0.25) is 0 Å². The van der Waals surface area contributed by atoms with Crippen molar-refractivity contribution in [3.05, 3.63) is 41.5 Å². The third-order valence-electron chi connectivity index (χ3n) is 2.33. The normalized spacial score (nSPS) is 11.5. The zero-order valence-corrected chi connectivity index (χ0v) is 9.92. The summed E-state index contributed by atoms with van der Waals surface area (Å²) in [5.74, 6) is 1.52. The summed E-state index contributed by atoms with van der Waals surface area (Å²) < 4.78 is 5.10. The van der Waals surface area contributed by atoms with Crippen molar-refractivity contribution in [1.29, 1.82) is 0 Å². The lowest BCUT2D eigenvalue weighted by Gasteiger charge is -1.93. The van der Waals surface area contributed by atoms with E-state index in [1.54, 1.807) is 6.08 Å². The number of rotatable bonds is 3. The molecule has 0 aliphatic carbocycles. The third kappa shape index (κ3) is 2.93. The molecule has 0 amide bonds. The van der Waals surface area contributed by atoms with Crippen LogP contribution in [0.3, 0.4) is 0 Å². The number of hydrogen-bond donors (Lipinski definition) is 1. The molecule has 0 bridgehead atoms. The van der Waals surface area contributed by atoms with Gasteiger partial charge in [0.05, 0.1) is 0 Å². The lowest BCUT2D eigenvalue weighted by molar-refractivity contribution is 0.400. The van der Waals surface area contributed by atoms with E-state index in [0.717, 1.165) is 17.1 Å². The van der Waals surface area contributed by atoms with Crippen molar-refractivity contribution in [3.8, 4) is 0 Å². The Bertz CT molecular complexity index is 512. The molecule has 2 N–H and O–H groups in total. The average molecular weight is 229 g/mol. The molecule has 1 aromatic heterocycles. The smallest absolute Gasteiger partial charge is 0.250 e. The van der Waals surface area contributed by atoms with Crippen LogP contribution in [0.5, 0.6) is 0 Å². The summed E-state index contributed by atoms with van der Waals surface area (Å²) in [5.41, 5.74) is 7.40. The molecule has 4 heteroatoms.